The average Bonchev–Trinajstić information content (AvgIpc) is 2.89. The highest BCUT2D eigenvalue weighted by Gasteiger charge is 2.58. The predicted octanol–water partition coefficient (Wildman–Crippen LogP) is 5.07. The van der Waals surface area contributed by atoms with Gasteiger partial charge in [-0.05, 0) is 35.6 Å². The van der Waals surface area contributed by atoms with Crippen molar-refractivity contribution in [3.8, 4) is 0 Å². The van der Waals surface area contributed by atoms with Crippen molar-refractivity contribution in [1.29, 1.82) is 0 Å². The normalized spacial score (nSPS) is 26.7. The van der Waals surface area contributed by atoms with Gasteiger partial charge in [-0.1, -0.05) is 62.2 Å². The van der Waals surface area contributed by atoms with E-state index in [1.54, 1.807) is 0 Å². The van der Waals surface area contributed by atoms with Crippen molar-refractivity contribution in [1.82, 2.24) is 5.32 Å². The van der Waals surface area contributed by atoms with E-state index in [0.29, 0.717) is 6.42 Å². The van der Waals surface area contributed by atoms with Gasteiger partial charge in [0, 0.05) is 22.5 Å². The molecule has 1 heterocycles. The van der Waals surface area contributed by atoms with Gasteiger partial charge < -0.3 is 10.8 Å². The number of benzene rings is 2. The maximum absolute atomic E-state index is 15.1. The van der Waals surface area contributed by atoms with Crippen molar-refractivity contribution < 1.29 is 18.7 Å². The molecule has 4 N–H and O–H groups in total. The molecule has 0 aromatic heterocycles. The molecule has 2 aromatic carbocycles. The van der Waals surface area contributed by atoms with Crippen molar-refractivity contribution >= 4 is 29.2 Å². The lowest BCUT2D eigenvalue weighted by molar-refractivity contribution is -0.139. The minimum atomic E-state index is -1.57. The van der Waals surface area contributed by atoms with Crippen molar-refractivity contribution in [2.75, 3.05) is 0 Å². The van der Waals surface area contributed by atoms with Gasteiger partial charge in [0.15, 0.2) is 0 Å². The monoisotopic (exact) mass is 456 g/mol. The highest BCUT2D eigenvalue weighted by Crippen LogP contribution is 2.49. The topological polar surface area (TPSA) is 75.3 Å². The number of nitrogens with two attached hydrogens (primary N) is 1. The van der Waals surface area contributed by atoms with E-state index in [0.717, 1.165) is 6.07 Å². The fourth-order valence-corrected chi connectivity index (χ4v) is 4.73. The first kappa shape index (κ1) is 22.9. The van der Waals surface area contributed by atoms with Gasteiger partial charge in [0.05, 0.1) is 10.6 Å². The molecule has 4 nitrogen and oxygen atoms in total. The largest absolute Gasteiger partial charge is 0.480 e. The molecule has 2 aromatic rings. The third-order valence-corrected chi connectivity index (χ3v) is 6.13. The number of hydrogen-bond acceptors (Lipinski definition) is 3. The Morgan fingerprint density at radius 2 is 1.90 bits per heavy atom. The van der Waals surface area contributed by atoms with Gasteiger partial charge >= 0.3 is 5.97 Å². The smallest absolute Gasteiger partial charge is 0.321 e. The van der Waals surface area contributed by atoms with Crippen LogP contribution < -0.4 is 11.1 Å². The second kappa shape index (κ2) is 8.08. The molecule has 4 atom stereocenters. The van der Waals surface area contributed by atoms with Crippen LogP contribution in [0.2, 0.25) is 10.0 Å². The molecule has 1 aliphatic rings. The molecule has 3 rings (SSSR count). The lowest BCUT2D eigenvalue weighted by Crippen LogP contribution is -2.52. The third-order valence-electron chi connectivity index (χ3n) is 5.60. The first-order valence-electron chi connectivity index (χ1n) is 9.53. The van der Waals surface area contributed by atoms with E-state index in [4.69, 9.17) is 28.9 Å². The SMILES string of the molecule is CC(C)(C)C[C@@H]1N[C@H](C(=O)O)[C@H](c2cccc(Cl)c2F)[C@@]1(N)c1ccc(Cl)cc1F. The van der Waals surface area contributed by atoms with Crippen LogP contribution >= 0.6 is 23.2 Å². The summed E-state index contributed by atoms with van der Waals surface area (Å²) in [6.07, 6.45) is 0.425. The zero-order chi connectivity index (χ0) is 22.4. The zero-order valence-electron chi connectivity index (χ0n) is 16.8. The molecule has 0 aliphatic carbocycles. The number of carboxylic acids is 1. The summed E-state index contributed by atoms with van der Waals surface area (Å²) in [7, 11) is 0. The summed E-state index contributed by atoms with van der Waals surface area (Å²) < 4.78 is 30.1. The van der Waals surface area contributed by atoms with E-state index in [9.17, 15) is 9.90 Å². The Kier molecular flexibility index (Phi) is 6.18. The zero-order valence-corrected chi connectivity index (χ0v) is 18.4. The molecule has 0 spiro atoms. The molecule has 0 amide bonds. The van der Waals surface area contributed by atoms with Crippen LogP contribution in [-0.2, 0) is 10.3 Å². The van der Waals surface area contributed by atoms with E-state index >= 15 is 8.78 Å². The van der Waals surface area contributed by atoms with E-state index < -0.39 is 41.1 Å². The average molecular weight is 457 g/mol. The number of carboxylic acid groups (broad SMARTS) is 1. The highest BCUT2D eigenvalue weighted by atomic mass is 35.5. The Labute approximate surface area is 184 Å². The van der Waals surface area contributed by atoms with Crippen molar-refractivity contribution in [3.05, 3.63) is 69.2 Å². The van der Waals surface area contributed by atoms with Crippen LogP contribution in [0.3, 0.4) is 0 Å². The number of rotatable bonds is 4. The van der Waals surface area contributed by atoms with Gasteiger partial charge in [0.1, 0.15) is 17.7 Å². The minimum Gasteiger partial charge on any atom is -0.480 e. The van der Waals surface area contributed by atoms with Gasteiger partial charge in [0.25, 0.3) is 0 Å². The quantitative estimate of drug-likeness (QED) is 0.599. The second-order valence-corrected chi connectivity index (χ2v) is 9.82. The van der Waals surface area contributed by atoms with Crippen LogP contribution in [0.25, 0.3) is 0 Å². The first-order chi connectivity index (χ1) is 13.9. The summed E-state index contributed by atoms with van der Waals surface area (Å²) in [6.45, 7) is 5.91. The standard InChI is InChI=1S/C22H24Cl2F2N2O2/c1-21(2,3)10-16-22(27,13-8-7-11(23)9-15(13)25)17(19(28-16)20(29)30)12-5-4-6-14(24)18(12)26/h4-9,16-17,19,28H,10,27H2,1-3H3,(H,29,30)/t16-,17-,19-,22+/m0/s1. The highest BCUT2D eigenvalue weighted by molar-refractivity contribution is 6.31. The van der Waals surface area contributed by atoms with Crippen LogP contribution in [0.1, 0.15) is 44.2 Å². The lowest BCUT2D eigenvalue weighted by atomic mass is 9.68. The second-order valence-electron chi connectivity index (χ2n) is 8.98. The predicted molar refractivity (Wildman–Crippen MR) is 114 cm³/mol. The molecular weight excluding hydrogens is 433 g/mol. The summed E-state index contributed by atoms with van der Waals surface area (Å²) in [4.78, 5) is 12.2. The number of carbonyl (C=O) groups is 1. The van der Waals surface area contributed by atoms with Gasteiger partial charge in [-0.15, -0.1) is 0 Å². The summed E-state index contributed by atoms with van der Waals surface area (Å²) >= 11 is 11.9. The summed E-state index contributed by atoms with van der Waals surface area (Å²) in [5.41, 5.74) is 5.14. The Bertz CT molecular complexity index is 980. The van der Waals surface area contributed by atoms with Gasteiger partial charge in [0.2, 0.25) is 0 Å². The van der Waals surface area contributed by atoms with Crippen LogP contribution in [0, 0.1) is 17.0 Å². The lowest BCUT2D eigenvalue weighted by Gasteiger charge is -2.39. The molecule has 0 saturated carbocycles. The maximum Gasteiger partial charge on any atom is 0.321 e. The maximum atomic E-state index is 15.1. The minimum absolute atomic E-state index is 0.0238. The molecular formula is C22H24Cl2F2N2O2. The van der Waals surface area contributed by atoms with Crippen molar-refractivity contribution in [3.63, 3.8) is 0 Å². The van der Waals surface area contributed by atoms with E-state index in [1.165, 1.54) is 30.3 Å². The number of halogens is 4. The summed E-state index contributed by atoms with van der Waals surface area (Å²) in [5, 5.41) is 13.0. The van der Waals surface area contributed by atoms with E-state index in [-0.39, 0.29) is 26.6 Å². The Hall–Kier alpha value is -1.73. The summed E-state index contributed by atoms with van der Waals surface area (Å²) in [6, 6.07) is 6.49. The van der Waals surface area contributed by atoms with Crippen LogP contribution in [0.15, 0.2) is 36.4 Å². The Morgan fingerprint density at radius 1 is 1.23 bits per heavy atom. The molecule has 1 saturated heterocycles. The number of hydrogen-bond donors (Lipinski definition) is 3. The van der Waals surface area contributed by atoms with Crippen LogP contribution in [0.5, 0.6) is 0 Å². The fourth-order valence-electron chi connectivity index (χ4n) is 4.39. The van der Waals surface area contributed by atoms with E-state index in [1.807, 2.05) is 20.8 Å². The molecule has 30 heavy (non-hydrogen) atoms. The van der Waals surface area contributed by atoms with Gasteiger partial charge in [-0.25, -0.2) is 8.78 Å². The molecule has 0 radical (unpaired) electrons. The molecule has 1 aliphatic heterocycles. The molecule has 0 bridgehead atoms. The fraction of sp³-hybridized carbons (Fsp3) is 0.409. The van der Waals surface area contributed by atoms with E-state index in [2.05, 4.69) is 5.32 Å². The molecule has 1 fully saturated rings. The molecule has 162 valence electrons. The Morgan fingerprint density at radius 3 is 2.47 bits per heavy atom. The van der Waals surface area contributed by atoms with Gasteiger partial charge in [-0.3, -0.25) is 10.1 Å². The van der Waals surface area contributed by atoms with Gasteiger partial charge in [-0.2, -0.15) is 0 Å². The molecule has 0 unspecified atom stereocenters. The van der Waals surface area contributed by atoms with Crippen molar-refractivity contribution in [2.45, 2.75) is 50.7 Å². The summed E-state index contributed by atoms with van der Waals surface area (Å²) in [5.74, 6) is -3.77. The van der Waals surface area contributed by atoms with Crippen molar-refractivity contribution in [2.24, 2.45) is 11.1 Å². The third kappa shape index (κ3) is 4.06. The van der Waals surface area contributed by atoms with Crippen LogP contribution in [-0.4, -0.2) is 23.2 Å². The first-order valence-corrected chi connectivity index (χ1v) is 10.3. The number of aliphatic carboxylic acids is 1. The Balaban J connectivity index is 2.30. The number of nitrogens with one attached hydrogen (secondary N) is 1. The van der Waals surface area contributed by atoms with Crippen LogP contribution in [0.4, 0.5) is 8.78 Å². The molecule has 8 heteroatoms.